The minimum atomic E-state index is -1.29. The zero-order valence-electron chi connectivity index (χ0n) is 6.86. The van der Waals surface area contributed by atoms with Gasteiger partial charge in [0, 0.05) is 6.92 Å². The van der Waals surface area contributed by atoms with Crippen molar-refractivity contribution in [2.45, 2.75) is 19.4 Å². The maximum absolute atomic E-state index is 9.85. The zero-order chi connectivity index (χ0) is 11.0. The van der Waals surface area contributed by atoms with Gasteiger partial charge in [-0.25, -0.2) is 0 Å². The van der Waals surface area contributed by atoms with E-state index in [0.717, 1.165) is 0 Å². The summed E-state index contributed by atoms with van der Waals surface area (Å²) in [5, 5.41) is 16.0. The van der Waals surface area contributed by atoms with Gasteiger partial charge in [0.1, 0.15) is 6.04 Å². The monoisotopic (exact) mass is 255 g/mol. The van der Waals surface area contributed by atoms with Crippen molar-refractivity contribution in [1.29, 1.82) is 0 Å². The molecule has 13 heavy (non-hydrogen) atoms. The highest BCUT2D eigenvalue weighted by Crippen LogP contribution is 1.86. The second kappa shape index (κ2) is 7.69. The van der Waals surface area contributed by atoms with Crippen LogP contribution in [0.5, 0.6) is 0 Å². The Balaban J connectivity index is 0. The quantitative estimate of drug-likeness (QED) is 0.602. The summed E-state index contributed by atoms with van der Waals surface area (Å²) in [6.07, 6.45) is -0.532. The van der Waals surface area contributed by atoms with E-state index in [9.17, 15) is 14.4 Å². The lowest BCUT2D eigenvalue weighted by atomic mass is 10.2. The SMILES string of the molecule is CC(=O)Br.NC(CC(=O)O)C(=O)O. The van der Waals surface area contributed by atoms with Crippen LogP contribution in [0, 0.1) is 0 Å². The van der Waals surface area contributed by atoms with Crippen molar-refractivity contribution in [2.75, 3.05) is 0 Å². The molecule has 0 bridgehead atoms. The minimum Gasteiger partial charge on any atom is -0.481 e. The molecular weight excluding hydrogens is 246 g/mol. The topological polar surface area (TPSA) is 118 Å². The van der Waals surface area contributed by atoms with E-state index in [1.54, 1.807) is 0 Å². The number of carbonyl (C=O) groups is 3. The predicted molar refractivity (Wildman–Crippen MR) is 47.5 cm³/mol. The highest BCUT2D eigenvalue weighted by atomic mass is 79.9. The van der Waals surface area contributed by atoms with E-state index in [1.807, 2.05) is 0 Å². The molecule has 0 saturated carbocycles. The Morgan fingerprint density at radius 1 is 1.38 bits per heavy atom. The Kier molecular flexibility index (Phi) is 8.61. The highest BCUT2D eigenvalue weighted by Gasteiger charge is 2.14. The van der Waals surface area contributed by atoms with Crippen LogP contribution in [0.1, 0.15) is 13.3 Å². The Hall–Kier alpha value is -0.950. The number of rotatable bonds is 3. The first-order chi connectivity index (χ1) is 5.77. The number of nitrogens with two attached hydrogens (primary N) is 1. The largest absolute Gasteiger partial charge is 0.481 e. The first kappa shape index (κ1) is 14.6. The minimum absolute atomic E-state index is 0.0208. The molecule has 0 rings (SSSR count). The molecule has 0 spiro atoms. The van der Waals surface area contributed by atoms with Crippen LogP contribution >= 0.6 is 15.9 Å². The van der Waals surface area contributed by atoms with Gasteiger partial charge in [-0.2, -0.15) is 0 Å². The molecule has 0 aliphatic rings. The number of hydrogen-bond donors (Lipinski definition) is 3. The fourth-order valence-electron chi connectivity index (χ4n) is 0.275. The normalized spacial score (nSPS) is 10.7. The number of carboxylic acids is 2. The maximum atomic E-state index is 9.85. The molecule has 0 aliphatic carbocycles. The van der Waals surface area contributed by atoms with E-state index in [1.165, 1.54) is 6.92 Å². The van der Waals surface area contributed by atoms with Crippen molar-refractivity contribution in [1.82, 2.24) is 0 Å². The summed E-state index contributed by atoms with van der Waals surface area (Å²) in [5.41, 5.74) is 4.84. The molecule has 0 amide bonds. The summed E-state index contributed by atoms with van der Waals surface area (Å²) in [5.74, 6) is -2.50. The third kappa shape index (κ3) is 18.2. The number of aliphatic carboxylic acids is 2. The average Bonchev–Trinajstić information content (AvgIpc) is 1.83. The van der Waals surface area contributed by atoms with Crippen LogP contribution in [0.15, 0.2) is 0 Å². The second-order valence-electron chi connectivity index (χ2n) is 2.01. The van der Waals surface area contributed by atoms with Crippen molar-refractivity contribution in [3.8, 4) is 0 Å². The average molecular weight is 256 g/mol. The second-order valence-corrected chi connectivity index (χ2v) is 3.13. The summed E-state index contributed by atoms with van der Waals surface area (Å²) < 4.78 is -0.0208. The Morgan fingerprint density at radius 2 is 1.69 bits per heavy atom. The van der Waals surface area contributed by atoms with Gasteiger partial charge in [-0.1, -0.05) is 0 Å². The zero-order valence-corrected chi connectivity index (χ0v) is 8.44. The molecule has 76 valence electrons. The smallest absolute Gasteiger partial charge is 0.321 e. The molecule has 0 aromatic heterocycles. The van der Waals surface area contributed by atoms with Crippen LogP contribution in [-0.4, -0.2) is 32.9 Å². The number of hydrogen-bond acceptors (Lipinski definition) is 4. The van der Waals surface area contributed by atoms with Gasteiger partial charge in [0.15, 0.2) is 4.69 Å². The Labute approximate surface area is 82.9 Å². The van der Waals surface area contributed by atoms with Gasteiger partial charge in [-0.3, -0.25) is 14.4 Å². The molecule has 1 unspecified atom stereocenters. The van der Waals surface area contributed by atoms with Crippen molar-refractivity contribution in [3.63, 3.8) is 0 Å². The molecule has 0 saturated heterocycles. The molecule has 1 atom stereocenters. The molecule has 0 radical (unpaired) electrons. The van der Waals surface area contributed by atoms with E-state index in [2.05, 4.69) is 15.9 Å². The van der Waals surface area contributed by atoms with E-state index in [4.69, 9.17) is 15.9 Å². The van der Waals surface area contributed by atoms with E-state index in [0.29, 0.717) is 0 Å². The summed E-state index contributed by atoms with van der Waals surface area (Å²) in [7, 11) is 0. The van der Waals surface area contributed by atoms with E-state index in [-0.39, 0.29) is 4.69 Å². The Bertz CT molecular complexity index is 201. The molecule has 0 aromatic carbocycles. The summed E-state index contributed by atoms with van der Waals surface area (Å²) in [6, 6.07) is -1.29. The number of halogens is 1. The lowest BCUT2D eigenvalue weighted by Crippen LogP contribution is -2.32. The molecule has 6 nitrogen and oxygen atoms in total. The third-order valence-corrected chi connectivity index (χ3v) is 0.712. The molecule has 0 aromatic rings. The van der Waals surface area contributed by atoms with Gasteiger partial charge >= 0.3 is 11.9 Å². The van der Waals surface area contributed by atoms with Crippen molar-refractivity contribution in [3.05, 3.63) is 0 Å². The fraction of sp³-hybridized carbons (Fsp3) is 0.500. The molecule has 0 fully saturated rings. The lowest BCUT2D eigenvalue weighted by Gasteiger charge is -1.99. The van der Waals surface area contributed by atoms with Crippen LogP contribution < -0.4 is 5.73 Å². The highest BCUT2D eigenvalue weighted by molar-refractivity contribution is 9.18. The van der Waals surface area contributed by atoms with Gasteiger partial charge < -0.3 is 15.9 Å². The molecular formula is C6H10BrNO5. The van der Waals surface area contributed by atoms with Crippen molar-refractivity contribution < 1.29 is 24.6 Å². The van der Waals surface area contributed by atoms with Gasteiger partial charge in [0.2, 0.25) is 0 Å². The van der Waals surface area contributed by atoms with Crippen LogP contribution in [0.3, 0.4) is 0 Å². The van der Waals surface area contributed by atoms with Crippen LogP contribution in [0.25, 0.3) is 0 Å². The van der Waals surface area contributed by atoms with E-state index >= 15 is 0 Å². The maximum Gasteiger partial charge on any atom is 0.321 e. The third-order valence-electron chi connectivity index (χ3n) is 0.712. The summed E-state index contributed by atoms with van der Waals surface area (Å²) >= 11 is 2.63. The molecule has 4 N–H and O–H groups in total. The van der Waals surface area contributed by atoms with Crippen molar-refractivity contribution >= 4 is 32.6 Å². The van der Waals surface area contributed by atoms with Crippen molar-refractivity contribution in [2.24, 2.45) is 5.73 Å². The van der Waals surface area contributed by atoms with Gasteiger partial charge in [-0.05, 0) is 15.9 Å². The van der Waals surface area contributed by atoms with E-state index < -0.39 is 24.4 Å². The fourth-order valence-corrected chi connectivity index (χ4v) is 0.275. The molecule has 0 aliphatic heterocycles. The van der Waals surface area contributed by atoms with Crippen LogP contribution in [0.2, 0.25) is 0 Å². The van der Waals surface area contributed by atoms with Gasteiger partial charge in [0.25, 0.3) is 0 Å². The lowest BCUT2D eigenvalue weighted by molar-refractivity contribution is -0.144. The standard InChI is InChI=1S/C4H7NO4.C2H3BrO/c5-2(4(8)9)1-3(6)7;1-2(3)4/h2H,1,5H2,(H,6,7)(H,8,9);1H3. The predicted octanol–water partition coefficient (Wildman–Crippen LogP) is -0.199. The first-order valence-electron chi connectivity index (χ1n) is 3.13. The number of carboxylic acid groups (broad SMARTS) is 2. The van der Waals surface area contributed by atoms with Gasteiger partial charge in [-0.15, -0.1) is 0 Å². The summed E-state index contributed by atoms with van der Waals surface area (Å²) in [6.45, 7) is 1.44. The Morgan fingerprint density at radius 3 is 1.77 bits per heavy atom. The number of carbonyl (C=O) groups excluding carboxylic acids is 1. The first-order valence-corrected chi connectivity index (χ1v) is 3.93. The van der Waals surface area contributed by atoms with Crippen LogP contribution in [-0.2, 0) is 14.4 Å². The molecule has 7 heteroatoms. The molecule has 0 heterocycles. The van der Waals surface area contributed by atoms with Crippen LogP contribution in [0.4, 0.5) is 0 Å². The summed E-state index contributed by atoms with van der Waals surface area (Å²) in [4.78, 5) is 29.0. The van der Waals surface area contributed by atoms with Gasteiger partial charge in [0.05, 0.1) is 6.42 Å².